The first kappa shape index (κ1) is 47.0. The molecule has 0 aliphatic heterocycles. The molecular weight excluding hydrogens is 855 g/mol. The van der Waals surface area contributed by atoms with Gasteiger partial charge in [0.25, 0.3) is 11.4 Å². The summed E-state index contributed by atoms with van der Waals surface area (Å²) in [6.45, 7) is 1.73. The van der Waals surface area contributed by atoms with Crippen LogP contribution >= 0.6 is 34.8 Å². The molecule has 0 aliphatic carbocycles. The van der Waals surface area contributed by atoms with Crippen LogP contribution in [-0.4, -0.2) is 58.2 Å². The van der Waals surface area contributed by atoms with E-state index < -0.39 is 9.85 Å². The highest BCUT2D eigenvalue weighted by Gasteiger charge is 2.10. The van der Waals surface area contributed by atoms with Crippen molar-refractivity contribution in [2.75, 3.05) is 44.4 Å². The van der Waals surface area contributed by atoms with Gasteiger partial charge >= 0.3 is 0 Å². The predicted octanol–water partition coefficient (Wildman–Crippen LogP) is 8.75. The highest BCUT2D eigenvalue weighted by Crippen LogP contribution is 2.28. The molecule has 0 saturated heterocycles. The van der Waals surface area contributed by atoms with Crippen LogP contribution in [0.15, 0.2) is 97.3 Å². The van der Waals surface area contributed by atoms with Gasteiger partial charge in [-0.05, 0) is 34.3 Å². The summed E-state index contributed by atoms with van der Waals surface area (Å²) in [6, 6.07) is 23.5. The summed E-state index contributed by atoms with van der Waals surface area (Å²) < 4.78 is 21.0. The Morgan fingerprint density at radius 1 is 0.574 bits per heavy atom. The summed E-state index contributed by atoms with van der Waals surface area (Å²) in [6.07, 6.45) is 3.22. The van der Waals surface area contributed by atoms with Crippen LogP contribution in [0.1, 0.15) is 22.3 Å². The highest BCUT2D eigenvalue weighted by molar-refractivity contribution is 6.32. The minimum atomic E-state index is -0.432. The van der Waals surface area contributed by atoms with Gasteiger partial charge in [0.2, 0.25) is 10.6 Å². The molecule has 2 aromatic heterocycles. The van der Waals surface area contributed by atoms with E-state index in [2.05, 4.69) is 35.9 Å². The maximum absolute atomic E-state index is 10.8. The minimum Gasteiger partial charge on any atom is -0.497 e. The van der Waals surface area contributed by atoms with Gasteiger partial charge in [0, 0.05) is 122 Å². The van der Waals surface area contributed by atoms with Crippen LogP contribution in [0.5, 0.6) is 23.0 Å². The second kappa shape index (κ2) is 23.8. The van der Waals surface area contributed by atoms with Gasteiger partial charge in [0.15, 0.2) is 0 Å². The van der Waals surface area contributed by atoms with Gasteiger partial charge in [-0.3, -0.25) is 20.2 Å². The molecule has 0 fully saturated rings. The molecule has 2 heterocycles. The number of benzene rings is 4. The van der Waals surface area contributed by atoms with Crippen LogP contribution in [0.25, 0.3) is 0 Å². The predicted molar refractivity (Wildman–Crippen MR) is 234 cm³/mol. The van der Waals surface area contributed by atoms with Gasteiger partial charge in [-0.15, -0.1) is 0 Å². The van der Waals surface area contributed by atoms with Crippen LogP contribution in [0.2, 0.25) is 15.7 Å². The van der Waals surface area contributed by atoms with Crippen molar-refractivity contribution in [1.82, 2.24) is 19.9 Å². The number of hydrogen-bond donors (Lipinski definition) is 4. The molecule has 61 heavy (non-hydrogen) atoms. The number of nitrogens with two attached hydrogens (primary N) is 1. The first-order valence-electron chi connectivity index (χ1n) is 17.9. The van der Waals surface area contributed by atoms with E-state index in [4.69, 9.17) is 59.5 Å². The second-order valence-corrected chi connectivity index (χ2v) is 13.3. The summed E-state index contributed by atoms with van der Waals surface area (Å²) in [5.74, 6) is 3.30. The molecule has 0 saturated carbocycles. The molecule has 6 aromatic rings. The molecule has 18 nitrogen and oxygen atoms in total. The summed E-state index contributed by atoms with van der Waals surface area (Å²) in [7, 11) is 6.38. The minimum absolute atomic E-state index is 0.0439. The summed E-state index contributed by atoms with van der Waals surface area (Å²) in [5, 5.41) is 31.2. The van der Waals surface area contributed by atoms with Gasteiger partial charge < -0.3 is 40.6 Å². The molecule has 0 spiro atoms. The number of halogens is 3. The number of nitro groups is 2. The van der Waals surface area contributed by atoms with E-state index in [9.17, 15) is 20.2 Å². The van der Waals surface area contributed by atoms with E-state index in [-0.39, 0.29) is 21.9 Å². The number of nitrogens with zero attached hydrogens (tertiary/aromatic N) is 6. The van der Waals surface area contributed by atoms with Crippen molar-refractivity contribution in [1.29, 1.82) is 0 Å². The summed E-state index contributed by atoms with van der Waals surface area (Å²) >= 11 is 17.6. The first-order valence-corrected chi connectivity index (χ1v) is 19.0. The van der Waals surface area contributed by atoms with Crippen LogP contribution in [-0.2, 0) is 26.2 Å². The molecule has 6 rings (SSSR count). The lowest BCUT2D eigenvalue weighted by Gasteiger charge is -2.14. The number of aromatic nitrogens is 4. The lowest BCUT2D eigenvalue weighted by molar-refractivity contribution is -0.385. The van der Waals surface area contributed by atoms with Crippen molar-refractivity contribution >= 4 is 63.4 Å². The molecule has 4 aromatic carbocycles. The Kier molecular flexibility index (Phi) is 18.3. The number of nitro benzene ring substituents is 2. The Balaban J connectivity index is 0.000000226. The quantitative estimate of drug-likeness (QED) is 0.0307. The number of hydrogen-bond acceptors (Lipinski definition) is 16. The third-order valence-corrected chi connectivity index (χ3v) is 8.97. The van der Waals surface area contributed by atoms with Crippen molar-refractivity contribution in [2.45, 2.75) is 26.2 Å². The largest absolute Gasteiger partial charge is 0.497 e. The van der Waals surface area contributed by atoms with Gasteiger partial charge in [0.1, 0.15) is 34.0 Å². The molecule has 0 bridgehead atoms. The average molecular weight is 896 g/mol. The van der Waals surface area contributed by atoms with Gasteiger partial charge in [-0.25, -0.2) is 19.9 Å². The fourth-order valence-corrected chi connectivity index (χ4v) is 5.55. The monoisotopic (exact) mass is 894 g/mol. The number of non-ortho nitro benzene ring substituents is 2. The number of methoxy groups -OCH3 is 4. The zero-order chi connectivity index (χ0) is 44.3. The Labute approximate surface area is 365 Å². The number of ether oxygens (including phenoxy) is 4. The normalized spacial score (nSPS) is 10.2. The smallest absolute Gasteiger partial charge is 0.269 e. The van der Waals surface area contributed by atoms with Crippen molar-refractivity contribution in [2.24, 2.45) is 5.73 Å². The fraction of sp³-hybridized carbons (Fsp3) is 0.200. The van der Waals surface area contributed by atoms with E-state index in [0.717, 1.165) is 33.6 Å². The van der Waals surface area contributed by atoms with E-state index in [1.165, 1.54) is 24.3 Å². The van der Waals surface area contributed by atoms with Crippen molar-refractivity contribution in [3.05, 3.63) is 156 Å². The second-order valence-electron chi connectivity index (χ2n) is 12.3. The summed E-state index contributed by atoms with van der Waals surface area (Å²) in [4.78, 5) is 36.2. The maximum Gasteiger partial charge on any atom is 0.269 e. The molecule has 0 unspecified atom stereocenters. The Morgan fingerprint density at radius 2 is 0.984 bits per heavy atom. The van der Waals surface area contributed by atoms with Crippen LogP contribution < -0.4 is 40.6 Å². The van der Waals surface area contributed by atoms with E-state index in [0.29, 0.717) is 60.1 Å². The Bertz CT molecular complexity index is 2340. The van der Waals surface area contributed by atoms with Gasteiger partial charge in [-0.2, -0.15) is 0 Å². The molecular formula is C40H41Cl3N10O8. The third-order valence-electron chi connectivity index (χ3n) is 8.28. The Hall–Kier alpha value is -6.73. The molecule has 0 atom stereocenters. The van der Waals surface area contributed by atoms with E-state index in [1.54, 1.807) is 77.2 Å². The number of nitrogens with one attached hydrogen (secondary N) is 3. The van der Waals surface area contributed by atoms with E-state index in [1.807, 2.05) is 24.3 Å². The standard InChI is InChI=1S/C20H20ClN5O4.C13H13Cl2N3O2.C7H8N2O2/c1-29-17-7-15(8-18(9-17)30-2)22-11-14-12-24-20(21)25-19(14)23-10-13-3-5-16(6-4-13)26(27)28;1-19-10-3-9(4-11(5-10)20-2)16-6-8-7-17-13(15)18-12(8)14;8-5-6-1-3-7(4-2-6)9(10)11/h3-9,12,22H,10-11H2,1-2H3,(H,23,24,25);3-5,7,16H,6H2,1-2H3;1-4H,5,8H2. The zero-order valence-electron chi connectivity index (χ0n) is 33.2. The third kappa shape index (κ3) is 15.1. The molecule has 320 valence electrons. The summed E-state index contributed by atoms with van der Waals surface area (Å²) in [5.41, 5.74) is 10.4. The van der Waals surface area contributed by atoms with Gasteiger partial charge in [0.05, 0.1) is 38.3 Å². The zero-order valence-corrected chi connectivity index (χ0v) is 35.5. The van der Waals surface area contributed by atoms with Crippen LogP contribution in [0, 0.1) is 20.2 Å². The number of rotatable bonds is 16. The van der Waals surface area contributed by atoms with Gasteiger partial charge in [-0.1, -0.05) is 35.9 Å². The highest BCUT2D eigenvalue weighted by atomic mass is 35.5. The maximum atomic E-state index is 10.8. The molecule has 0 aliphatic rings. The van der Waals surface area contributed by atoms with E-state index >= 15 is 0 Å². The lowest BCUT2D eigenvalue weighted by atomic mass is 10.2. The Morgan fingerprint density at radius 3 is 1.39 bits per heavy atom. The molecule has 21 heteroatoms. The average Bonchev–Trinajstić information content (AvgIpc) is 3.27. The number of anilines is 3. The molecule has 0 amide bonds. The van der Waals surface area contributed by atoms with Crippen LogP contribution in [0.4, 0.5) is 28.6 Å². The molecule has 0 radical (unpaired) electrons. The fourth-order valence-electron chi connectivity index (χ4n) is 5.04. The first-order chi connectivity index (χ1) is 29.3. The topological polar surface area (TPSA) is 237 Å². The van der Waals surface area contributed by atoms with Crippen molar-refractivity contribution in [3.8, 4) is 23.0 Å². The van der Waals surface area contributed by atoms with Crippen LogP contribution in [0.3, 0.4) is 0 Å². The lowest BCUT2D eigenvalue weighted by Crippen LogP contribution is -2.09. The van der Waals surface area contributed by atoms with Crippen molar-refractivity contribution < 1.29 is 28.8 Å². The molecule has 5 N–H and O–H groups in total. The van der Waals surface area contributed by atoms with Crippen molar-refractivity contribution in [3.63, 3.8) is 0 Å². The SMILES string of the molecule is COc1cc(NCc2cnc(Cl)nc2Cl)cc(OC)c1.COc1cc(NCc2cnc(Cl)nc2NCc2ccc([N+](=O)[O-])cc2)cc(OC)c1.NCc1ccc([N+](=O)[O-])cc1.